The number of rotatable bonds is 4. The molecule has 16 heavy (non-hydrogen) atoms. The Morgan fingerprint density at radius 2 is 2.44 bits per heavy atom. The Bertz CT molecular complexity index is 462. The van der Waals surface area contributed by atoms with Crippen LogP contribution in [0.15, 0.2) is 22.3 Å². The fourth-order valence-electron chi connectivity index (χ4n) is 1.36. The van der Waals surface area contributed by atoms with Gasteiger partial charge in [-0.25, -0.2) is 4.98 Å². The summed E-state index contributed by atoms with van der Waals surface area (Å²) < 4.78 is 0. The van der Waals surface area contributed by atoms with Crippen LogP contribution in [0.3, 0.4) is 0 Å². The molecule has 0 spiro atoms. The maximum atomic E-state index is 11.7. The van der Waals surface area contributed by atoms with Crippen molar-refractivity contribution < 1.29 is 4.79 Å². The van der Waals surface area contributed by atoms with Gasteiger partial charge in [-0.2, -0.15) is 11.3 Å². The molecular weight excluding hydrogens is 240 g/mol. The molecule has 0 aliphatic carbocycles. The van der Waals surface area contributed by atoms with Crippen LogP contribution < -0.4 is 5.32 Å². The topological polar surface area (TPSA) is 42.0 Å². The van der Waals surface area contributed by atoms with E-state index in [1.165, 1.54) is 16.9 Å². The van der Waals surface area contributed by atoms with Crippen molar-refractivity contribution in [2.24, 2.45) is 0 Å². The number of hydrogen-bond acceptors (Lipinski definition) is 4. The predicted molar refractivity (Wildman–Crippen MR) is 67.2 cm³/mol. The van der Waals surface area contributed by atoms with Crippen LogP contribution in [0.5, 0.6) is 0 Å². The SMILES string of the molecule is Cc1ncsc1C(=O)NCCc1ccsc1. The van der Waals surface area contributed by atoms with Crippen molar-refractivity contribution in [1.29, 1.82) is 0 Å². The minimum absolute atomic E-state index is 0.0183. The number of nitrogens with one attached hydrogen (secondary N) is 1. The van der Waals surface area contributed by atoms with E-state index in [2.05, 4.69) is 21.7 Å². The summed E-state index contributed by atoms with van der Waals surface area (Å²) in [6.45, 7) is 2.52. The van der Waals surface area contributed by atoms with E-state index in [1.807, 2.05) is 12.3 Å². The van der Waals surface area contributed by atoms with Crippen LogP contribution in [0.1, 0.15) is 20.9 Å². The zero-order valence-corrected chi connectivity index (χ0v) is 10.5. The molecule has 1 N–H and O–H groups in total. The van der Waals surface area contributed by atoms with Crippen LogP contribution >= 0.6 is 22.7 Å². The van der Waals surface area contributed by atoms with Gasteiger partial charge in [-0.3, -0.25) is 4.79 Å². The highest BCUT2D eigenvalue weighted by molar-refractivity contribution is 7.11. The third kappa shape index (κ3) is 2.68. The number of carbonyl (C=O) groups excluding carboxylic acids is 1. The summed E-state index contributed by atoms with van der Waals surface area (Å²) in [6, 6.07) is 2.08. The number of aryl methyl sites for hydroxylation is 1. The first-order valence-corrected chi connectivity index (χ1v) is 6.79. The Morgan fingerprint density at radius 1 is 1.56 bits per heavy atom. The van der Waals surface area contributed by atoms with Crippen LogP contribution in [-0.2, 0) is 6.42 Å². The molecule has 84 valence electrons. The lowest BCUT2D eigenvalue weighted by atomic mass is 10.2. The number of thiazole rings is 1. The van der Waals surface area contributed by atoms with Gasteiger partial charge >= 0.3 is 0 Å². The summed E-state index contributed by atoms with van der Waals surface area (Å²) in [7, 11) is 0. The largest absolute Gasteiger partial charge is 0.351 e. The van der Waals surface area contributed by atoms with Crippen molar-refractivity contribution in [3.05, 3.63) is 38.5 Å². The van der Waals surface area contributed by atoms with E-state index in [0.29, 0.717) is 11.4 Å². The molecular formula is C11H12N2OS2. The molecule has 2 aromatic rings. The van der Waals surface area contributed by atoms with Gasteiger partial charge in [-0.05, 0) is 35.7 Å². The van der Waals surface area contributed by atoms with Crippen LogP contribution in [0.4, 0.5) is 0 Å². The third-order valence-electron chi connectivity index (χ3n) is 2.23. The molecule has 0 radical (unpaired) electrons. The zero-order valence-electron chi connectivity index (χ0n) is 8.90. The fourth-order valence-corrected chi connectivity index (χ4v) is 2.78. The molecule has 0 saturated heterocycles. The molecule has 2 rings (SSSR count). The predicted octanol–water partition coefficient (Wildman–Crippen LogP) is 2.49. The monoisotopic (exact) mass is 252 g/mol. The maximum absolute atomic E-state index is 11.7. The van der Waals surface area contributed by atoms with Crippen LogP contribution in [0.25, 0.3) is 0 Å². The number of aromatic nitrogens is 1. The second-order valence-corrected chi connectivity index (χ2v) is 5.04. The van der Waals surface area contributed by atoms with E-state index in [4.69, 9.17) is 0 Å². The molecule has 0 aliphatic heterocycles. The summed E-state index contributed by atoms with van der Waals surface area (Å²) in [6.07, 6.45) is 0.882. The quantitative estimate of drug-likeness (QED) is 0.908. The van der Waals surface area contributed by atoms with Crippen LogP contribution in [0.2, 0.25) is 0 Å². The molecule has 2 heterocycles. The summed E-state index contributed by atoms with van der Waals surface area (Å²) >= 11 is 3.06. The average Bonchev–Trinajstić information content (AvgIpc) is 2.88. The van der Waals surface area contributed by atoms with Gasteiger partial charge in [0.1, 0.15) is 4.88 Å². The summed E-state index contributed by atoms with van der Waals surface area (Å²) in [5.74, 6) is -0.0183. The van der Waals surface area contributed by atoms with E-state index >= 15 is 0 Å². The molecule has 0 fully saturated rings. The number of nitrogens with zero attached hydrogens (tertiary/aromatic N) is 1. The first kappa shape index (κ1) is 11.3. The van der Waals surface area contributed by atoms with Gasteiger partial charge in [0.25, 0.3) is 5.91 Å². The molecule has 0 saturated carbocycles. The summed E-state index contributed by atoms with van der Waals surface area (Å²) in [5, 5.41) is 7.05. The highest BCUT2D eigenvalue weighted by Gasteiger charge is 2.10. The smallest absolute Gasteiger partial charge is 0.263 e. The number of thiophene rings is 1. The minimum atomic E-state index is -0.0183. The van der Waals surface area contributed by atoms with Crippen molar-refractivity contribution in [1.82, 2.24) is 10.3 Å². The lowest BCUT2D eigenvalue weighted by Gasteiger charge is -2.02. The minimum Gasteiger partial charge on any atom is -0.351 e. The third-order valence-corrected chi connectivity index (χ3v) is 3.89. The number of hydrogen-bond donors (Lipinski definition) is 1. The van der Waals surface area contributed by atoms with Crippen molar-refractivity contribution in [3.8, 4) is 0 Å². The fraction of sp³-hybridized carbons (Fsp3) is 0.273. The van der Waals surface area contributed by atoms with E-state index in [9.17, 15) is 4.79 Å². The van der Waals surface area contributed by atoms with E-state index < -0.39 is 0 Å². The molecule has 0 aliphatic rings. The molecule has 0 atom stereocenters. The molecule has 0 unspecified atom stereocenters. The molecule has 1 amide bonds. The molecule has 2 aromatic heterocycles. The van der Waals surface area contributed by atoms with Gasteiger partial charge in [0.15, 0.2) is 0 Å². The van der Waals surface area contributed by atoms with Gasteiger partial charge < -0.3 is 5.32 Å². The van der Waals surface area contributed by atoms with Crippen molar-refractivity contribution in [2.75, 3.05) is 6.54 Å². The second kappa shape index (κ2) is 5.23. The zero-order chi connectivity index (χ0) is 11.4. The van der Waals surface area contributed by atoms with Crippen molar-refractivity contribution in [2.45, 2.75) is 13.3 Å². The number of carbonyl (C=O) groups is 1. The normalized spacial score (nSPS) is 10.3. The Balaban J connectivity index is 1.83. The lowest BCUT2D eigenvalue weighted by molar-refractivity contribution is 0.0957. The van der Waals surface area contributed by atoms with Gasteiger partial charge in [0.2, 0.25) is 0 Å². The average molecular weight is 252 g/mol. The Kier molecular flexibility index (Phi) is 3.69. The van der Waals surface area contributed by atoms with Crippen molar-refractivity contribution >= 4 is 28.6 Å². The molecule has 0 bridgehead atoms. The van der Waals surface area contributed by atoms with Crippen molar-refractivity contribution in [3.63, 3.8) is 0 Å². The Morgan fingerprint density at radius 3 is 3.06 bits per heavy atom. The van der Waals surface area contributed by atoms with E-state index in [1.54, 1.807) is 16.8 Å². The Labute approximate surface area is 102 Å². The molecule has 0 aromatic carbocycles. The van der Waals surface area contributed by atoms with Crippen LogP contribution in [-0.4, -0.2) is 17.4 Å². The summed E-state index contributed by atoms with van der Waals surface area (Å²) in [4.78, 5) is 16.5. The number of amides is 1. The lowest BCUT2D eigenvalue weighted by Crippen LogP contribution is -2.25. The van der Waals surface area contributed by atoms with Gasteiger partial charge in [-0.1, -0.05) is 0 Å². The van der Waals surface area contributed by atoms with Crippen LogP contribution in [0, 0.1) is 6.92 Å². The van der Waals surface area contributed by atoms with E-state index in [0.717, 1.165) is 12.1 Å². The van der Waals surface area contributed by atoms with Gasteiger partial charge in [0.05, 0.1) is 11.2 Å². The molecule has 3 nitrogen and oxygen atoms in total. The van der Waals surface area contributed by atoms with Gasteiger partial charge in [0, 0.05) is 6.54 Å². The van der Waals surface area contributed by atoms with E-state index in [-0.39, 0.29) is 5.91 Å². The van der Waals surface area contributed by atoms with Gasteiger partial charge in [-0.15, -0.1) is 11.3 Å². The summed E-state index contributed by atoms with van der Waals surface area (Å²) in [5.41, 5.74) is 3.77. The Hall–Kier alpha value is -1.20. The highest BCUT2D eigenvalue weighted by Crippen LogP contribution is 2.11. The standard InChI is InChI=1S/C11H12N2OS2/c1-8-10(16-7-13-8)11(14)12-4-2-9-3-5-15-6-9/h3,5-7H,2,4H2,1H3,(H,12,14). The maximum Gasteiger partial charge on any atom is 0.263 e. The molecule has 5 heteroatoms. The first-order valence-electron chi connectivity index (χ1n) is 4.96. The highest BCUT2D eigenvalue weighted by atomic mass is 32.1. The second-order valence-electron chi connectivity index (χ2n) is 3.40. The first-order chi connectivity index (χ1) is 7.77.